The first-order valence-corrected chi connectivity index (χ1v) is 10.3. The third kappa shape index (κ3) is 3.51. The fraction of sp³-hybridized carbons (Fsp3) is 0.476. The number of amides is 3. The van der Waals surface area contributed by atoms with E-state index in [9.17, 15) is 9.59 Å². The van der Waals surface area contributed by atoms with Crippen molar-refractivity contribution in [3.8, 4) is 0 Å². The van der Waals surface area contributed by atoms with Gasteiger partial charge in [0.15, 0.2) is 5.82 Å². The Morgan fingerprint density at radius 3 is 2.71 bits per heavy atom. The Morgan fingerprint density at radius 2 is 2.00 bits per heavy atom. The van der Waals surface area contributed by atoms with Crippen molar-refractivity contribution in [2.24, 2.45) is 5.41 Å². The van der Waals surface area contributed by atoms with E-state index in [-0.39, 0.29) is 28.8 Å². The minimum atomic E-state index is -0.292. The fourth-order valence-electron chi connectivity index (χ4n) is 4.45. The van der Waals surface area contributed by atoms with Gasteiger partial charge in [0.2, 0.25) is 0 Å². The Hall–Kier alpha value is -3.43. The van der Waals surface area contributed by atoms with Crippen molar-refractivity contribution in [3.05, 3.63) is 42.2 Å². The molecule has 2 fully saturated rings. The molecule has 0 atom stereocenters. The number of rotatable bonds is 3. The summed E-state index contributed by atoms with van der Waals surface area (Å²) in [6, 6.07) is 1.54. The second-order valence-corrected chi connectivity index (χ2v) is 9.66. The quantitative estimate of drug-likeness (QED) is 0.668. The molecule has 1 saturated carbocycles. The Labute approximate surface area is 179 Å². The predicted molar refractivity (Wildman–Crippen MR) is 112 cm³/mol. The van der Waals surface area contributed by atoms with Crippen molar-refractivity contribution in [1.29, 1.82) is 0 Å². The molecule has 3 amide bonds. The summed E-state index contributed by atoms with van der Waals surface area (Å²) in [5.41, 5.74) is 1.21. The van der Waals surface area contributed by atoms with Crippen LogP contribution in [0.2, 0.25) is 0 Å². The molecule has 10 nitrogen and oxygen atoms in total. The molecule has 0 unspecified atom stereocenters. The number of nitrogens with zero attached hydrogens (tertiary/aromatic N) is 5. The number of nitrogens with one attached hydrogen (secondary N) is 2. The van der Waals surface area contributed by atoms with Crippen LogP contribution in [0, 0.1) is 5.41 Å². The molecule has 3 aromatic heterocycles. The lowest BCUT2D eigenvalue weighted by atomic mass is 9.60. The lowest BCUT2D eigenvalue weighted by Gasteiger charge is -2.58. The Balaban J connectivity index is 1.11. The number of urea groups is 1. The Kier molecular flexibility index (Phi) is 4.28. The van der Waals surface area contributed by atoms with Gasteiger partial charge in [-0.25, -0.2) is 9.31 Å². The molecule has 4 heterocycles. The molecule has 0 radical (unpaired) electrons. The van der Waals surface area contributed by atoms with Crippen LogP contribution in [0.4, 0.5) is 10.6 Å². The topological polar surface area (TPSA) is 118 Å². The summed E-state index contributed by atoms with van der Waals surface area (Å²) in [5, 5.41) is 13.8. The van der Waals surface area contributed by atoms with Gasteiger partial charge in [-0.15, -0.1) is 0 Å². The molecular weight excluding hydrogens is 398 g/mol. The summed E-state index contributed by atoms with van der Waals surface area (Å²) in [5.74, 6) is 1.09. The van der Waals surface area contributed by atoms with Gasteiger partial charge >= 0.3 is 6.03 Å². The Bertz CT molecular complexity index is 1150. The van der Waals surface area contributed by atoms with E-state index in [0.717, 1.165) is 12.8 Å². The molecule has 2 aliphatic rings. The zero-order valence-electron chi connectivity index (χ0n) is 17.8. The summed E-state index contributed by atoms with van der Waals surface area (Å²) in [6.45, 7) is 7.45. The average Bonchev–Trinajstić information content (AvgIpc) is 3.28. The number of likely N-dealkylation sites (tertiary alicyclic amines) is 1. The molecule has 162 valence electrons. The van der Waals surface area contributed by atoms with Crippen molar-refractivity contribution in [2.45, 2.75) is 45.1 Å². The smallest absolute Gasteiger partial charge is 0.320 e. The summed E-state index contributed by atoms with van der Waals surface area (Å²) >= 11 is 0. The molecule has 10 heteroatoms. The largest absolute Gasteiger partial charge is 0.359 e. The van der Waals surface area contributed by atoms with Crippen LogP contribution >= 0.6 is 0 Å². The van der Waals surface area contributed by atoms with Crippen LogP contribution in [0.3, 0.4) is 0 Å². The predicted octanol–water partition coefficient (Wildman–Crippen LogP) is 2.44. The van der Waals surface area contributed by atoms with Gasteiger partial charge in [-0.3, -0.25) is 15.1 Å². The molecule has 2 N–H and O–H groups in total. The van der Waals surface area contributed by atoms with Crippen molar-refractivity contribution in [3.63, 3.8) is 0 Å². The number of aromatic nitrogens is 4. The fourth-order valence-corrected chi connectivity index (χ4v) is 4.45. The number of hydrogen-bond donors (Lipinski definition) is 2. The molecule has 1 aliphatic carbocycles. The zero-order valence-corrected chi connectivity index (χ0v) is 17.8. The summed E-state index contributed by atoms with van der Waals surface area (Å²) in [6.07, 6.45) is 8.31. The Morgan fingerprint density at radius 1 is 1.23 bits per heavy atom. The van der Waals surface area contributed by atoms with Gasteiger partial charge in [0.05, 0.1) is 23.5 Å². The first-order valence-electron chi connectivity index (χ1n) is 10.3. The van der Waals surface area contributed by atoms with Crippen LogP contribution in [0.25, 0.3) is 5.52 Å². The highest BCUT2D eigenvalue weighted by atomic mass is 16.5. The van der Waals surface area contributed by atoms with Crippen molar-refractivity contribution < 1.29 is 14.1 Å². The second-order valence-electron chi connectivity index (χ2n) is 9.66. The minimum Gasteiger partial charge on any atom is -0.359 e. The van der Waals surface area contributed by atoms with Crippen LogP contribution in [0.15, 0.2) is 35.4 Å². The number of carbonyl (C=O) groups is 2. The minimum absolute atomic E-state index is 0.0246. The lowest BCUT2D eigenvalue weighted by molar-refractivity contribution is -0.0582. The monoisotopic (exact) mass is 423 g/mol. The lowest BCUT2D eigenvalue weighted by Crippen LogP contribution is -2.67. The van der Waals surface area contributed by atoms with Crippen LogP contribution < -0.4 is 10.6 Å². The maximum Gasteiger partial charge on any atom is 0.320 e. The number of hydrogen-bond acceptors (Lipinski definition) is 6. The van der Waals surface area contributed by atoms with Gasteiger partial charge in [0.25, 0.3) is 5.91 Å². The van der Waals surface area contributed by atoms with E-state index in [0.29, 0.717) is 35.7 Å². The zero-order chi connectivity index (χ0) is 21.8. The van der Waals surface area contributed by atoms with E-state index in [1.807, 2.05) is 25.7 Å². The highest BCUT2D eigenvalue weighted by molar-refractivity contribution is 6.01. The van der Waals surface area contributed by atoms with Gasteiger partial charge in [-0.1, -0.05) is 25.9 Å². The first kappa shape index (κ1) is 19.5. The maximum absolute atomic E-state index is 12.8. The van der Waals surface area contributed by atoms with Crippen molar-refractivity contribution in [1.82, 2.24) is 30.0 Å². The maximum atomic E-state index is 12.8. The third-order valence-electron chi connectivity index (χ3n) is 6.08. The van der Waals surface area contributed by atoms with Crippen molar-refractivity contribution in [2.75, 3.05) is 18.4 Å². The van der Waals surface area contributed by atoms with Gasteiger partial charge in [0, 0.05) is 48.4 Å². The van der Waals surface area contributed by atoms with Gasteiger partial charge in [0.1, 0.15) is 5.76 Å². The molecule has 1 spiro atoms. The van der Waals surface area contributed by atoms with Gasteiger partial charge in [-0.2, -0.15) is 5.10 Å². The van der Waals surface area contributed by atoms with E-state index < -0.39 is 0 Å². The summed E-state index contributed by atoms with van der Waals surface area (Å²) < 4.78 is 6.94. The number of fused-ring (bicyclic) bond motifs is 1. The molecule has 5 rings (SSSR count). The van der Waals surface area contributed by atoms with E-state index in [4.69, 9.17) is 4.52 Å². The standard InChI is InChI=1S/C21H25N7O3/c1-20(2,3)16-6-17(26-31-16)25-19(30)24-13-7-21(8-13)11-27(12-21)18(29)14-9-23-28-5-4-22-10-15(14)28/h4-6,9-10,13H,7-8,11-12H2,1-3H3,(H2,24,25,26,30). The first-order chi connectivity index (χ1) is 14.7. The van der Waals surface area contributed by atoms with Gasteiger partial charge < -0.3 is 14.7 Å². The molecule has 31 heavy (non-hydrogen) atoms. The summed E-state index contributed by atoms with van der Waals surface area (Å²) in [4.78, 5) is 31.0. The van der Waals surface area contributed by atoms with E-state index >= 15 is 0 Å². The molecular formula is C21H25N7O3. The van der Waals surface area contributed by atoms with Gasteiger partial charge in [-0.05, 0) is 12.8 Å². The summed E-state index contributed by atoms with van der Waals surface area (Å²) in [7, 11) is 0. The average molecular weight is 423 g/mol. The third-order valence-corrected chi connectivity index (χ3v) is 6.08. The normalized spacial score (nSPS) is 18.0. The van der Waals surface area contributed by atoms with E-state index in [2.05, 4.69) is 25.9 Å². The van der Waals surface area contributed by atoms with E-state index in [1.54, 1.807) is 35.4 Å². The molecule has 1 saturated heterocycles. The highest BCUT2D eigenvalue weighted by Crippen LogP contribution is 2.48. The van der Waals surface area contributed by atoms with Crippen LogP contribution in [-0.4, -0.2) is 55.7 Å². The molecule has 3 aromatic rings. The second kappa shape index (κ2) is 6.79. The number of carbonyl (C=O) groups excluding carboxylic acids is 2. The molecule has 1 aliphatic heterocycles. The highest BCUT2D eigenvalue weighted by Gasteiger charge is 2.54. The van der Waals surface area contributed by atoms with Crippen molar-refractivity contribution >= 4 is 23.3 Å². The molecule has 0 aromatic carbocycles. The van der Waals surface area contributed by atoms with Crippen LogP contribution in [-0.2, 0) is 5.41 Å². The van der Waals surface area contributed by atoms with Crippen LogP contribution in [0.1, 0.15) is 49.7 Å². The number of anilines is 1. The SMILES string of the molecule is CC(C)(C)c1cc(NC(=O)NC2CC3(C2)CN(C(=O)c2cnn4ccncc24)C3)no1. The van der Waals surface area contributed by atoms with Crippen LogP contribution in [0.5, 0.6) is 0 Å². The van der Waals surface area contributed by atoms with E-state index in [1.165, 1.54) is 0 Å². The molecule has 0 bridgehead atoms.